The van der Waals surface area contributed by atoms with Gasteiger partial charge >= 0.3 is 0 Å². The number of hydrogen-bond donors (Lipinski definition) is 2. The van der Waals surface area contributed by atoms with Crippen molar-refractivity contribution < 1.29 is 8.42 Å². The van der Waals surface area contributed by atoms with E-state index in [0.29, 0.717) is 18.1 Å². The summed E-state index contributed by atoms with van der Waals surface area (Å²) in [4.78, 5) is 0.270. The highest BCUT2D eigenvalue weighted by atomic mass is 35.5. The molecule has 0 saturated heterocycles. The Balaban J connectivity index is 2.99. The minimum Gasteiger partial charge on any atom is -0.316 e. The Morgan fingerprint density at radius 2 is 1.95 bits per heavy atom. The van der Waals surface area contributed by atoms with E-state index in [1.807, 2.05) is 14.0 Å². The monoisotopic (exact) mass is 318 g/mol. The molecule has 2 N–H and O–H groups in total. The summed E-state index contributed by atoms with van der Waals surface area (Å²) in [5.41, 5.74) is 1.64. The van der Waals surface area contributed by atoms with Crippen molar-refractivity contribution in [2.75, 3.05) is 13.6 Å². The number of nitrogens with one attached hydrogen (secondary N) is 2. The van der Waals surface area contributed by atoms with E-state index in [1.54, 1.807) is 6.07 Å². The van der Waals surface area contributed by atoms with E-state index >= 15 is 0 Å². The summed E-state index contributed by atoms with van der Waals surface area (Å²) in [6.07, 6.45) is 2.92. The fourth-order valence-corrected chi connectivity index (χ4v) is 3.71. The summed E-state index contributed by atoms with van der Waals surface area (Å²) in [6, 6.07) is 3.31. The first-order chi connectivity index (χ1) is 9.42. The smallest absolute Gasteiger partial charge is 0.240 e. The SMILES string of the molecule is CCCCCNS(=O)(=O)c1cc(Cl)cc(CNC)c1C. The van der Waals surface area contributed by atoms with E-state index in [-0.39, 0.29) is 4.90 Å². The fraction of sp³-hybridized carbons (Fsp3) is 0.571. The minimum atomic E-state index is -3.50. The number of rotatable bonds is 8. The maximum Gasteiger partial charge on any atom is 0.240 e. The van der Waals surface area contributed by atoms with Gasteiger partial charge in [0, 0.05) is 18.1 Å². The van der Waals surface area contributed by atoms with E-state index in [1.165, 1.54) is 6.07 Å². The van der Waals surface area contributed by atoms with Crippen LogP contribution in [0.2, 0.25) is 5.02 Å². The molecule has 0 bridgehead atoms. The zero-order valence-corrected chi connectivity index (χ0v) is 13.9. The van der Waals surface area contributed by atoms with Gasteiger partial charge in [0.1, 0.15) is 0 Å². The minimum absolute atomic E-state index is 0.270. The molecule has 0 spiro atoms. The molecule has 1 aromatic carbocycles. The zero-order valence-electron chi connectivity index (χ0n) is 12.3. The summed E-state index contributed by atoms with van der Waals surface area (Å²) in [7, 11) is -1.68. The Labute approximate surface area is 127 Å². The first-order valence-corrected chi connectivity index (χ1v) is 8.71. The van der Waals surface area contributed by atoms with Gasteiger partial charge in [-0.3, -0.25) is 0 Å². The third kappa shape index (κ3) is 4.74. The Morgan fingerprint density at radius 3 is 2.55 bits per heavy atom. The van der Waals surface area contributed by atoms with Gasteiger partial charge in [-0.05, 0) is 43.7 Å². The van der Waals surface area contributed by atoms with Crippen molar-refractivity contribution in [1.82, 2.24) is 10.0 Å². The van der Waals surface area contributed by atoms with Crippen LogP contribution in [0.3, 0.4) is 0 Å². The van der Waals surface area contributed by atoms with Gasteiger partial charge in [0.05, 0.1) is 4.90 Å². The zero-order chi connectivity index (χ0) is 15.2. The molecule has 0 amide bonds. The third-order valence-corrected chi connectivity index (χ3v) is 4.97. The third-order valence-electron chi connectivity index (χ3n) is 3.16. The summed E-state index contributed by atoms with van der Waals surface area (Å²) in [6.45, 7) is 4.94. The van der Waals surface area contributed by atoms with Gasteiger partial charge in [-0.15, -0.1) is 0 Å². The van der Waals surface area contributed by atoms with Gasteiger partial charge in [-0.1, -0.05) is 31.4 Å². The molecule has 0 radical (unpaired) electrons. The van der Waals surface area contributed by atoms with Gasteiger partial charge in [0.25, 0.3) is 0 Å². The van der Waals surface area contributed by atoms with Crippen LogP contribution in [-0.4, -0.2) is 22.0 Å². The van der Waals surface area contributed by atoms with Crippen LogP contribution in [0.25, 0.3) is 0 Å². The standard InChI is InChI=1S/C14H23ClN2O2S/c1-4-5-6-7-17-20(18,19)14-9-13(15)8-12(10-16-3)11(14)2/h8-9,16-17H,4-7,10H2,1-3H3. The van der Waals surface area contributed by atoms with Crippen molar-refractivity contribution in [1.29, 1.82) is 0 Å². The summed E-state index contributed by atoms with van der Waals surface area (Å²) in [5, 5.41) is 3.46. The summed E-state index contributed by atoms with van der Waals surface area (Å²) in [5.74, 6) is 0. The van der Waals surface area contributed by atoms with Crippen molar-refractivity contribution in [2.24, 2.45) is 0 Å². The maximum absolute atomic E-state index is 12.3. The molecule has 0 aliphatic heterocycles. The number of sulfonamides is 1. The molecule has 6 heteroatoms. The van der Waals surface area contributed by atoms with Crippen molar-refractivity contribution in [3.05, 3.63) is 28.3 Å². The van der Waals surface area contributed by atoms with Crippen molar-refractivity contribution in [3.8, 4) is 0 Å². The Kier molecular flexibility index (Phi) is 6.95. The molecule has 0 aliphatic rings. The lowest BCUT2D eigenvalue weighted by Crippen LogP contribution is -2.26. The number of halogens is 1. The first-order valence-electron chi connectivity index (χ1n) is 6.85. The molecule has 0 fully saturated rings. The second kappa shape index (κ2) is 7.98. The highest BCUT2D eigenvalue weighted by Crippen LogP contribution is 2.24. The van der Waals surface area contributed by atoms with Crippen molar-refractivity contribution in [2.45, 2.75) is 44.6 Å². The van der Waals surface area contributed by atoms with Crippen LogP contribution < -0.4 is 10.0 Å². The van der Waals surface area contributed by atoms with Gasteiger partial charge in [0.15, 0.2) is 0 Å². The average Bonchev–Trinajstić information content (AvgIpc) is 2.39. The maximum atomic E-state index is 12.3. The number of hydrogen-bond acceptors (Lipinski definition) is 3. The van der Waals surface area contributed by atoms with E-state index in [2.05, 4.69) is 17.0 Å². The largest absolute Gasteiger partial charge is 0.316 e. The molecule has 1 rings (SSSR count). The van der Waals surface area contributed by atoms with E-state index < -0.39 is 10.0 Å². The van der Waals surface area contributed by atoms with Crippen LogP contribution >= 0.6 is 11.6 Å². The number of benzene rings is 1. The Hall–Kier alpha value is -0.620. The van der Waals surface area contributed by atoms with Gasteiger partial charge < -0.3 is 5.32 Å². The lowest BCUT2D eigenvalue weighted by atomic mass is 10.1. The van der Waals surface area contributed by atoms with E-state index in [0.717, 1.165) is 30.4 Å². The van der Waals surface area contributed by atoms with Crippen molar-refractivity contribution in [3.63, 3.8) is 0 Å². The molecular formula is C14H23ClN2O2S. The van der Waals surface area contributed by atoms with Crippen LogP contribution in [0, 0.1) is 6.92 Å². The predicted octanol–water partition coefficient (Wildman–Crippen LogP) is 2.84. The second-order valence-corrected chi connectivity index (χ2v) is 7.00. The predicted molar refractivity (Wildman–Crippen MR) is 83.7 cm³/mol. The molecule has 0 heterocycles. The average molecular weight is 319 g/mol. The molecule has 0 unspecified atom stereocenters. The highest BCUT2D eigenvalue weighted by Gasteiger charge is 2.19. The van der Waals surface area contributed by atoms with Crippen LogP contribution in [0.15, 0.2) is 17.0 Å². The molecule has 0 aliphatic carbocycles. The normalized spacial score (nSPS) is 11.8. The summed E-state index contributed by atoms with van der Waals surface area (Å²) < 4.78 is 27.3. The van der Waals surface area contributed by atoms with Crippen LogP contribution in [0.5, 0.6) is 0 Å². The van der Waals surface area contributed by atoms with Crippen molar-refractivity contribution >= 4 is 21.6 Å². The lowest BCUT2D eigenvalue weighted by molar-refractivity contribution is 0.575. The van der Waals surface area contributed by atoms with Crippen LogP contribution in [0.1, 0.15) is 37.3 Å². The fourth-order valence-electron chi connectivity index (χ4n) is 2.02. The molecular weight excluding hydrogens is 296 g/mol. The van der Waals surface area contributed by atoms with Crippen LogP contribution in [-0.2, 0) is 16.6 Å². The van der Waals surface area contributed by atoms with Gasteiger partial charge in [-0.2, -0.15) is 0 Å². The topological polar surface area (TPSA) is 58.2 Å². The molecule has 114 valence electrons. The molecule has 20 heavy (non-hydrogen) atoms. The Morgan fingerprint density at radius 1 is 1.25 bits per heavy atom. The molecule has 0 atom stereocenters. The molecule has 0 saturated carbocycles. The first kappa shape index (κ1) is 17.4. The quantitative estimate of drug-likeness (QED) is 0.725. The molecule has 0 aromatic heterocycles. The van der Waals surface area contributed by atoms with Gasteiger partial charge in [0.2, 0.25) is 10.0 Å². The highest BCUT2D eigenvalue weighted by molar-refractivity contribution is 7.89. The second-order valence-electron chi connectivity index (χ2n) is 4.82. The van der Waals surface area contributed by atoms with Crippen LogP contribution in [0.4, 0.5) is 0 Å². The molecule has 4 nitrogen and oxygen atoms in total. The summed E-state index contributed by atoms with van der Waals surface area (Å²) >= 11 is 6.03. The Bertz CT molecular complexity index is 544. The molecule has 1 aromatic rings. The van der Waals surface area contributed by atoms with Gasteiger partial charge in [-0.25, -0.2) is 13.1 Å². The number of unbranched alkanes of at least 4 members (excludes halogenated alkanes) is 2. The van der Waals surface area contributed by atoms with E-state index in [4.69, 9.17) is 11.6 Å². The van der Waals surface area contributed by atoms with E-state index in [9.17, 15) is 8.42 Å². The lowest BCUT2D eigenvalue weighted by Gasteiger charge is -2.13.